The SMILES string of the molecule is O=C(NC1(CO)CC2CCC1CC2)c1cnc(C2OCCO2)s1. The highest BCUT2D eigenvalue weighted by Gasteiger charge is 2.48. The average Bonchev–Trinajstić information content (AvgIpc) is 3.27. The standard InChI is InChI=1S/C16H22N2O4S/c19-9-16(7-10-1-3-11(16)4-2-10)18-13(20)12-8-17-14(23-12)15-21-5-6-22-15/h8,10-11,15,19H,1-7,9H2,(H,18,20). The van der Waals surface area contributed by atoms with Crippen LogP contribution in [0.25, 0.3) is 0 Å². The van der Waals surface area contributed by atoms with Crippen LogP contribution in [0.3, 0.4) is 0 Å². The van der Waals surface area contributed by atoms with E-state index in [2.05, 4.69) is 10.3 Å². The summed E-state index contributed by atoms with van der Waals surface area (Å²) in [7, 11) is 0. The number of hydrogen-bond donors (Lipinski definition) is 2. The van der Waals surface area contributed by atoms with Crippen LogP contribution in [0.5, 0.6) is 0 Å². The summed E-state index contributed by atoms with van der Waals surface area (Å²) in [5.41, 5.74) is -0.456. The highest BCUT2D eigenvalue weighted by molar-refractivity contribution is 7.13. The molecule has 2 heterocycles. The molecule has 3 saturated carbocycles. The molecule has 2 N–H and O–H groups in total. The summed E-state index contributed by atoms with van der Waals surface area (Å²) in [5.74, 6) is 0.869. The molecule has 1 atom stereocenters. The van der Waals surface area contributed by atoms with Crippen molar-refractivity contribution in [2.24, 2.45) is 11.8 Å². The van der Waals surface area contributed by atoms with Gasteiger partial charge in [-0.3, -0.25) is 4.79 Å². The zero-order chi connectivity index (χ0) is 15.9. The number of aliphatic hydroxyl groups excluding tert-OH is 1. The summed E-state index contributed by atoms with van der Waals surface area (Å²) in [6, 6.07) is 0. The van der Waals surface area contributed by atoms with Gasteiger partial charge in [-0.15, -0.1) is 11.3 Å². The summed E-state index contributed by atoms with van der Waals surface area (Å²) in [6.45, 7) is 1.13. The summed E-state index contributed by atoms with van der Waals surface area (Å²) < 4.78 is 10.8. The summed E-state index contributed by atoms with van der Waals surface area (Å²) in [6.07, 6.45) is 6.67. The van der Waals surface area contributed by atoms with E-state index >= 15 is 0 Å². The van der Waals surface area contributed by atoms with Crippen molar-refractivity contribution in [1.29, 1.82) is 0 Å². The van der Waals surface area contributed by atoms with E-state index in [1.807, 2.05) is 0 Å². The van der Waals surface area contributed by atoms with Crippen LogP contribution in [0.1, 0.15) is 53.1 Å². The van der Waals surface area contributed by atoms with E-state index in [-0.39, 0.29) is 12.5 Å². The molecular formula is C16H22N2O4S. The van der Waals surface area contributed by atoms with Crippen LogP contribution in [0.15, 0.2) is 6.20 Å². The topological polar surface area (TPSA) is 80.7 Å². The lowest BCUT2D eigenvalue weighted by molar-refractivity contribution is -0.0442. The van der Waals surface area contributed by atoms with Crippen molar-refractivity contribution in [2.45, 2.75) is 43.9 Å². The molecule has 4 fully saturated rings. The Morgan fingerprint density at radius 3 is 2.70 bits per heavy atom. The van der Waals surface area contributed by atoms with Gasteiger partial charge >= 0.3 is 0 Å². The first-order valence-corrected chi connectivity index (χ1v) is 9.14. The summed E-state index contributed by atoms with van der Waals surface area (Å²) in [5, 5.41) is 13.8. The molecule has 3 aliphatic carbocycles. The molecular weight excluding hydrogens is 316 g/mol. The lowest BCUT2D eigenvalue weighted by Crippen LogP contribution is -2.61. The normalized spacial score (nSPS) is 34.0. The number of thiazole rings is 1. The molecule has 7 heteroatoms. The number of aliphatic hydroxyl groups is 1. The first-order chi connectivity index (χ1) is 11.2. The average molecular weight is 338 g/mol. The second-order valence-electron chi connectivity index (χ2n) is 6.83. The Morgan fingerprint density at radius 1 is 1.35 bits per heavy atom. The number of carbonyl (C=O) groups is 1. The van der Waals surface area contributed by atoms with Crippen molar-refractivity contribution in [3.63, 3.8) is 0 Å². The zero-order valence-corrected chi connectivity index (χ0v) is 13.8. The second-order valence-corrected chi connectivity index (χ2v) is 7.89. The monoisotopic (exact) mass is 338 g/mol. The van der Waals surface area contributed by atoms with Crippen LogP contribution in [-0.4, -0.2) is 41.4 Å². The van der Waals surface area contributed by atoms with Crippen molar-refractivity contribution < 1.29 is 19.4 Å². The van der Waals surface area contributed by atoms with Crippen LogP contribution in [0.4, 0.5) is 0 Å². The van der Waals surface area contributed by atoms with Crippen molar-refractivity contribution in [3.8, 4) is 0 Å². The number of aromatic nitrogens is 1. The molecule has 5 rings (SSSR count). The van der Waals surface area contributed by atoms with Crippen LogP contribution < -0.4 is 5.32 Å². The number of fused-ring (bicyclic) bond motifs is 3. The molecule has 4 aliphatic rings. The molecule has 23 heavy (non-hydrogen) atoms. The lowest BCUT2D eigenvalue weighted by Gasteiger charge is -2.51. The van der Waals surface area contributed by atoms with Gasteiger partial charge in [-0.25, -0.2) is 4.98 Å². The maximum absolute atomic E-state index is 12.6. The maximum atomic E-state index is 12.6. The largest absolute Gasteiger partial charge is 0.394 e. The van der Waals surface area contributed by atoms with E-state index in [0.29, 0.717) is 34.9 Å². The Hall–Kier alpha value is -1.02. The van der Waals surface area contributed by atoms with E-state index in [0.717, 1.165) is 19.3 Å². The highest BCUT2D eigenvalue weighted by Crippen LogP contribution is 2.47. The molecule has 1 aliphatic heterocycles. The number of nitrogens with one attached hydrogen (secondary N) is 1. The minimum atomic E-state index is -0.456. The smallest absolute Gasteiger partial charge is 0.263 e. The molecule has 6 nitrogen and oxygen atoms in total. The van der Waals surface area contributed by atoms with E-state index < -0.39 is 11.8 Å². The molecule has 0 aromatic carbocycles. The fraction of sp³-hybridized carbons (Fsp3) is 0.750. The number of rotatable bonds is 4. The van der Waals surface area contributed by atoms with Crippen molar-refractivity contribution in [2.75, 3.05) is 19.8 Å². The minimum Gasteiger partial charge on any atom is -0.394 e. The number of amides is 1. The molecule has 1 amide bonds. The lowest BCUT2D eigenvalue weighted by atomic mass is 9.60. The van der Waals surface area contributed by atoms with Gasteiger partial charge in [-0.2, -0.15) is 0 Å². The molecule has 1 saturated heterocycles. The third-order valence-corrected chi connectivity index (χ3v) is 6.51. The van der Waals surface area contributed by atoms with Gasteiger partial charge in [0.1, 0.15) is 9.88 Å². The number of carbonyl (C=O) groups excluding carboxylic acids is 1. The van der Waals surface area contributed by atoms with Gasteiger partial charge in [0.15, 0.2) is 0 Å². The fourth-order valence-electron chi connectivity index (χ4n) is 4.28. The van der Waals surface area contributed by atoms with Gasteiger partial charge in [0.2, 0.25) is 6.29 Å². The van der Waals surface area contributed by atoms with Gasteiger partial charge in [0.05, 0.1) is 31.6 Å². The van der Waals surface area contributed by atoms with Gasteiger partial charge in [0.25, 0.3) is 5.91 Å². The van der Waals surface area contributed by atoms with Crippen LogP contribution in [0, 0.1) is 11.8 Å². The Kier molecular flexibility index (Phi) is 4.13. The Balaban J connectivity index is 1.48. The van der Waals surface area contributed by atoms with E-state index in [1.165, 1.54) is 24.2 Å². The first-order valence-electron chi connectivity index (χ1n) is 8.32. The summed E-state index contributed by atoms with van der Waals surface area (Å²) >= 11 is 1.30. The van der Waals surface area contributed by atoms with E-state index in [4.69, 9.17) is 9.47 Å². The van der Waals surface area contributed by atoms with Gasteiger partial charge < -0.3 is 19.9 Å². The fourth-order valence-corrected chi connectivity index (χ4v) is 5.09. The molecule has 1 unspecified atom stereocenters. The zero-order valence-electron chi connectivity index (χ0n) is 13.0. The highest BCUT2D eigenvalue weighted by atomic mass is 32.1. The molecule has 1 aromatic heterocycles. The second kappa shape index (κ2) is 6.12. The molecule has 126 valence electrons. The third-order valence-electron chi connectivity index (χ3n) is 5.50. The predicted octanol–water partition coefficient (Wildman–Crippen LogP) is 1.86. The Bertz CT molecular complexity index is 578. The van der Waals surface area contributed by atoms with Crippen molar-refractivity contribution >= 4 is 17.2 Å². The van der Waals surface area contributed by atoms with Gasteiger partial charge in [-0.1, -0.05) is 12.8 Å². The Labute approximate surface area is 139 Å². The third kappa shape index (κ3) is 2.80. The molecule has 0 spiro atoms. The first kappa shape index (κ1) is 15.5. The maximum Gasteiger partial charge on any atom is 0.263 e. The quantitative estimate of drug-likeness (QED) is 0.876. The number of hydrogen-bond acceptors (Lipinski definition) is 6. The number of nitrogens with zero attached hydrogens (tertiary/aromatic N) is 1. The molecule has 1 aromatic rings. The van der Waals surface area contributed by atoms with Gasteiger partial charge in [0, 0.05) is 0 Å². The van der Waals surface area contributed by atoms with E-state index in [1.54, 1.807) is 6.20 Å². The number of ether oxygens (including phenoxy) is 2. The molecule has 2 bridgehead atoms. The summed E-state index contributed by atoms with van der Waals surface area (Å²) in [4.78, 5) is 17.5. The van der Waals surface area contributed by atoms with Crippen molar-refractivity contribution in [3.05, 3.63) is 16.1 Å². The van der Waals surface area contributed by atoms with Crippen LogP contribution in [-0.2, 0) is 9.47 Å². The van der Waals surface area contributed by atoms with Gasteiger partial charge in [-0.05, 0) is 31.1 Å². The van der Waals surface area contributed by atoms with Crippen LogP contribution in [0.2, 0.25) is 0 Å². The predicted molar refractivity (Wildman–Crippen MR) is 84.1 cm³/mol. The molecule has 0 radical (unpaired) electrons. The van der Waals surface area contributed by atoms with Crippen LogP contribution >= 0.6 is 11.3 Å². The van der Waals surface area contributed by atoms with E-state index in [9.17, 15) is 9.90 Å². The van der Waals surface area contributed by atoms with Crippen molar-refractivity contribution in [1.82, 2.24) is 10.3 Å². The Morgan fingerprint density at radius 2 is 2.09 bits per heavy atom. The minimum absolute atomic E-state index is 0.0143.